The second kappa shape index (κ2) is 6.38. The average molecular weight is 324 g/mol. The minimum Gasteiger partial charge on any atom is -0.450 e. The van der Waals surface area contributed by atoms with Crippen molar-refractivity contribution in [3.8, 4) is 11.1 Å². The Morgan fingerprint density at radius 1 is 1.04 bits per heavy atom. The molecule has 0 bridgehead atoms. The van der Waals surface area contributed by atoms with Crippen LogP contribution < -0.4 is 0 Å². The summed E-state index contributed by atoms with van der Waals surface area (Å²) < 4.78 is 5.15. The molecule has 4 nitrogen and oxygen atoms in total. The number of hydrogen-bond acceptors (Lipinski definition) is 5. The summed E-state index contributed by atoms with van der Waals surface area (Å²) >= 11 is 1.50. The molecule has 0 spiro atoms. The Morgan fingerprint density at radius 2 is 1.83 bits per heavy atom. The Labute approximate surface area is 138 Å². The standard InChI is InChI=1S/C18H16N2O2S/c1-18(2,22-12-21)23-17-7-10-20-16-4-3-14(11-15(16)17)13-5-8-19-9-6-13/h3-12H,1-2H3. The maximum Gasteiger partial charge on any atom is 0.294 e. The molecule has 23 heavy (non-hydrogen) atoms. The van der Waals surface area contributed by atoms with Crippen LogP contribution in [0.3, 0.4) is 0 Å². The Morgan fingerprint density at radius 3 is 2.57 bits per heavy atom. The molecular weight excluding hydrogens is 308 g/mol. The minimum atomic E-state index is -0.636. The Balaban J connectivity index is 2.07. The predicted octanol–water partition coefficient (Wildman–Crippen LogP) is 4.30. The molecule has 0 radical (unpaired) electrons. The molecule has 0 aliphatic heterocycles. The number of pyridine rings is 2. The highest BCUT2D eigenvalue weighted by Crippen LogP contribution is 2.37. The maximum absolute atomic E-state index is 10.7. The predicted molar refractivity (Wildman–Crippen MR) is 92.1 cm³/mol. The van der Waals surface area contributed by atoms with Crippen LogP contribution in [0.1, 0.15) is 13.8 Å². The fourth-order valence-corrected chi connectivity index (χ4v) is 3.36. The van der Waals surface area contributed by atoms with E-state index in [0.29, 0.717) is 6.47 Å². The summed E-state index contributed by atoms with van der Waals surface area (Å²) in [7, 11) is 0. The summed E-state index contributed by atoms with van der Waals surface area (Å²) in [5.74, 6) is 0. The number of carbonyl (C=O) groups excluding carboxylic acids is 1. The molecule has 0 unspecified atom stereocenters. The summed E-state index contributed by atoms with van der Waals surface area (Å²) in [6.07, 6.45) is 5.33. The summed E-state index contributed by atoms with van der Waals surface area (Å²) in [5, 5.41) is 1.04. The first kappa shape index (κ1) is 15.5. The van der Waals surface area contributed by atoms with Gasteiger partial charge in [-0.25, -0.2) is 0 Å². The van der Waals surface area contributed by atoms with Crippen LogP contribution in [-0.2, 0) is 9.53 Å². The number of benzene rings is 1. The SMILES string of the molecule is CC(C)(OC=O)Sc1ccnc2ccc(-c3ccncc3)cc12. The quantitative estimate of drug-likeness (QED) is 0.398. The molecule has 116 valence electrons. The zero-order chi connectivity index (χ0) is 16.3. The van der Waals surface area contributed by atoms with Crippen molar-refractivity contribution in [1.29, 1.82) is 0 Å². The van der Waals surface area contributed by atoms with Crippen molar-refractivity contribution < 1.29 is 9.53 Å². The van der Waals surface area contributed by atoms with E-state index in [4.69, 9.17) is 4.74 Å². The molecule has 3 rings (SSSR count). The van der Waals surface area contributed by atoms with Gasteiger partial charge in [0.2, 0.25) is 0 Å². The Hall–Kier alpha value is -2.40. The third kappa shape index (κ3) is 3.51. The number of aromatic nitrogens is 2. The molecule has 1 aromatic carbocycles. The van der Waals surface area contributed by atoms with Crippen molar-refractivity contribution in [2.45, 2.75) is 23.7 Å². The van der Waals surface area contributed by atoms with Gasteiger partial charge in [-0.2, -0.15) is 0 Å². The van der Waals surface area contributed by atoms with Gasteiger partial charge in [0.15, 0.2) is 4.93 Å². The van der Waals surface area contributed by atoms with E-state index in [1.54, 1.807) is 18.6 Å². The molecule has 3 aromatic rings. The number of fused-ring (bicyclic) bond motifs is 1. The van der Waals surface area contributed by atoms with Crippen molar-refractivity contribution in [2.75, 3.05) is 0 Å². The lowest BCUT2D eigenvalue weighted by Crippen LogP contribution is -2.18. The largest absolute Gasteiger partial charge is 0.450 e. The minimum absolute atomic E-state index is 0.485. The van der Waals surface area contributed by atoms with Gasteiger partial charge in [0.1, 0.15) is 0 Å². The molecule has 0 amide bonds. The van der Waals surface area contributed by atoms with Gasteiger partial charge >= 0.3 is 0 Å². The van der Waals surface area contributed by atoms with E-state index in [1.807, 2.05) is 44.2 Å². The number of thioether (sulfide) groups is 1. The van der Waals surface area contributed by atoms with Crippen LogP contribution in [0.15, 0.2) is 59.9 Å². The number of rotatable bonds is 5. The number of nitrogens with zero attached hydrogens (tertiary/aromatic N) is 2. The summed E-state index contributed by atoms with van der Waals surface area (Å²) in [4.78, 5) is 19.5. The van der Waals surface area contributed by atoms with Crippen LogP contribution in [0, 0.1) is 0 Å². The van der Waals surface area contributed by atoms with E-state index in [9.17, 15) is 4.79 Å². The van der Waals surface area contributed by atoms with Gasteiger partial charge in [-0.1, -0.05) is 17.8 Å². The molecule has 0 N–H and O–H groups in total. The number of hydrogen-bond donors (Lipinski definition) is 0. The third-order valence-corrected chi connectivity index (χ3v) is 4.57. The first-order chi connectivity index (χ1) is 11.1. The van der Waals surface area contributed by atoms with Gasteiger partial charge in [-0.15, -0.1) is 0 Å². The van der Waals surface area contributed by atoms with Crippen LogP contribution in [-0.4, -0.2) is 21.4 Å². The second-order valence-electron chi connectivity index (χ2n) is 5.49. The van der Waals surface area contributed by atoms with E-state index < -0.39 is 4.93 Å². The lowest BCUT2D eigenvalue weighted by molar-refractivity contribution is -0.133. The van der Waals surface area contributed by atoms with E-state index in [-0.39, 0.29) is 0 Å². The summed E-state index contributed by atoms with van der Waals surface area (Å²) in [6.45, 7) is 4.22. The van der Waals surface area contributed by atoms with Crippen LogP contribution >= 0.6 is 11.8 Å². The smallest absolute Gasteiger partial charge is 0.294 e. The van der Waals surface area contributed by atoms with Crippen molar-refractivity contribution in [1.82, 2.24) is 9.97 Å². The molecular formula is C18H16N2O2S. The average Bonchev–Trinajstić information content (AvgIpc) is 2.55. The van der Waals surface area contributed by atoms with Crippen LogP contribution in [0.4, 0.5) is 0 Å². The monoisotopic (exact) mass is 324 g/mol. The highest BCUT2D eigenvalue weighted by atomic mass is 32.2. The normalized spacial score (nSPS) is 11.4. The molecule has 0 atom stereocenters. The van der Waals surface area contributed by atoms with Gasteiger partial charge in [0.25, 0.3) is 6.47 Å². The Kier molecular flexibility index (Phi) is 4.30. The van der Waals surface area contributed by atoms with Gasteiger partial charge in [0, 0.05) is 28.9 Å². The topological polar surface area (TPSA) is 52.1 Å². The first-order valence-corrected chi connectivity index (χ1v) is 8.00. The highest BCUT2D eigenvalue weighted by Gasteiger charge is 2.21. The van der Waals surface area contributed by atoms with Crippen molar-refractivity contribution in [3.05, 3.63) is 55.0 Å². The second-order valence-corrected chi connectivity index (χ2v) is 7.12. The Bertz CT molecular complexity index is 835. The zero-order valence-corrected chi connectivity index (χ0v) is 13.7. The lowest BCUT2D eigenvalue weighted by atomic mass is 10.0. The zero-order valence-electron chi connectivity index (χ0n) is 12.9. The van der Waals surface area contributed by atoms with Gasteiger partial charge < -0.3 is 4.74 Å². The maximum atomic E-state index is 10.7. The van der Waals surface area contributed by atoms with Crippen LogP contribution in [0.25, 0.3) is 22.0 Å². The molecule has 5 heteroatoms. The molecule has 0 fully saturated rings. The van der Waals surface area contributed by atoms with E-state index in [2.05, 4.69) is 16.0 Å². The molecule has 0 saturated heterocycles. The lowest BCUT2D eigenvalue weighted by Gasteiger charge is -2.22. The summed E-state index contributed by atoms with van der Waals surface area (Å²) in [5.41, 5.74) is 3.11. The van der Waals surface area contributed by atoms with Gasteiger partial charge in [0.05, 0.1) is 5.52 Å². The van der Waals surface area contributed by atoms with E-state index in [0.717, 1.165) is 26.9 Å². The summed E-state index contributed by atoms with van der Waals surface area (Å²) in [6, 6.07) is 12.1. The highest BCUT2D eigenvalue weighted by molar-refractivity contribution is 8.00. The van der Waals surface area contributed by atoms with E-state index >= 15 is 0 Å². The molecule has 2 aromatic heterocycles. The van der Waals surface area contributed by atoms with Gasteiger partial charge in [-0.3, -0.25) is 14.8 Å². The van der Waals surface area contributed by atoms with Crippen LogP contribution in [0.5, 0.6) is 0 Å². The molecule has 0 aliphatic rings. The fraction of sp³-hybridized carbons (Fsp3) is 0.167. The molecule has 0 saturated carbocycles. The first-order valence-electron chi connectivity index (χ1n) is 7.19. The van der Waals surface area contributed by atoms with Crippen molar-refractivity contribution in [3.63, 3.8) is 0 Å². The van der Waals surface area contributed by atoms with Crippen LogP contribution in [0.2, 0.25) is 0 Å². The molecule has 2 heterocycles. The number of carbonyl (C=O) groups is 1. The number of ether oxygens (including phenoxy) is 1. The fourth-order valence-electron chi connectivity index (χ4n) is 2.34. The molecule has 0 aliphatic carbocycles. The van der Waals surface area contributed by atoms with Gasteiger partial charge in [-0.05, 0) is 55.3 Å². The van der Waals surface area contributed by atoms with E-state index in [1.165, 1.54) is 11.8 Å². The van der Waals surface area contributed by atoms with Crippen molar-refractivity contribution in [2.24, 2.45) is 0 Å². The third-order valence-electron chi connectivity index (χ3n) is 3.40. The van der Waals surface area contributed by atoms with Crippen molar-refractivity contribution >= 4 is 29.1 Å².